The topological polar surface area (TPSA) is 84.9 Å². The second-order valence-corrected chi connectivity index (χ2v) is 9.46. The summed E-state index contributed by atoms with van der Waals surface area (Å²) in [6.07, 6.45) is 3.30. The Kier molecular flexibility index (Phi) is 5.43. The zero-order valence-corrected chi connectivity index (χ0v) is 18.7. The van der Waals surface area contributed by atoms with Crippen LogP contribution < -0.4 is 5.56 Å². The summed E-state index contributed by atoms with van der Waals surface area (Å²) in [5.41, 5.74) is 1.52. The molecule has 1 aromatic carbocycles. The highest BCUT2D eigenvalue weighted by Gasteiger charge is 2.18. The Balaban J connectivity index is 1.32. The molecular formula is C22H16ClN3O3S2. The maximum absolute atomic E-state index is 12.8. The second kappa shape index (κ2) is 8.37. The van der Waals surface area contributed by atoms with Gasteiger partial charge in [0.15, 0.2) is 5.76 Å². The first-order chi connectivity index (χ1) is 15.1. The average Bonchev–Trinajstić information content (AvgIpc) is 3.52. The number of nitrogens with zero attached hydrogens (tertiary/aromatic N) is 2. The molecule has 0 radical (unpaired) electrons. The highest BCUT2D eigenvalue weighted by atomic mass is 35.5. The average molecular weight is 470 g/mol. The van der Waals surface area contributed by atoms with Crippen LogP contribution in [0.4, 0.5) is 0 Å². The van der Waals surface area contributed by atoms with Gasteiger partial charge in [0.2, 0.25) is 5.89 Å². The van der Waals surface area contributed by atoms with Crippen molar-refractivity contribution >= 4 is 44.9 Å². The molecule has 0 bridgehead atoms. The van der Waals surface area contributed by atoms with Crippen LogP contribution in [0.25, 0.3) is 32.9 Å². The lowest BCUT2D eigenvalue weighted by molar-refractivity contribution is 0.529. The van der Waals surface area contributed by atoms with Crippen molar-refractivity contribution in [3.63, 3.8) is 0 Å². The zero-order valence-electron chi connectivity index (χ0n) is 16.3. The van der Waals surface area contributed by atoms with Crippen LogP contribution in [0.3, 0.4) is 0 Å². The lowest BCUT2D eigenvalue weighted by Crippen LogP contribution is -2.12. The molecule has 156 valence electrons. The number of rotatable bonds is 6. The van der Waals surface area contributed by atoms with E-state index in [4.69, 9.17) is 20.4 Å². The number of thioether (sulfide) groups is 1. The van der Waals surface area contributed by atoms with Crippen LogP contribution in [0.15, 0.2) is 67.9 Å². The SMILES string of the molecule is C[C@H](SCc1ncc(-c2ccc(Cl)cc2)o1)c1nc2scc(-c3ccco3)c2c(=O)[nH]1. The molecule has 0 fully saturated rings. The fourth-order valence-corrected chi connectivity index (χ4v) is 5.03. The second-order valence-electron chi connectivity index (χ2n) is 6.84. The molecule has 4 heterocycles. The first kappa shape index (κ1) is 20.1. The van der Waals surface area contributed by atoms with Crippen LogP contribution in [0.1, 0.15) is 23.9 Å². The van der Waals surface area contributed by atoms with Crippen molar-refractivity contribution in [3.05, 3.63) is 81.3 Å². The van der Waals surface area contributed by atoms with Gasteiger partial charge in [-0.2, -0.15) is 0 Å². The highest BCUT2D eigenvalue weighted by Crippen LogP contribution is 2.34. The van der Waals surface area contributed by atoms with E-state index < -0.39 is 0 Å². The Morgan fingerprint density at radius 3 is 2.84 bits per heavy atom. The molecule has 5 rings (SSSR count). The molecule has 0 aliphatic carbocycles. The molecule has 31 heavy (non-hydrogen) atoms. The summed E-state index contributed by atoms with van der Waals surface area (Å²) in [7, 11) is 0. The van der Waals surface area contributed by atoms with E-state index in [1.165, 1.54) is 11.3 Å². The summed E-state index contributed by atoms with van der Waals surface area (Å²) in [6.45, 7) is 2.00. The molecule has 0 saturated carbocycles. The molecule has 6 nitrogen and oxygen atoms in total. The summed E-state index contributed by atoms with van der Waals surface area (Å²) >= 11 is 8.96. The standard InChI is InChI=1S/C22H16ClN3O3S2/c1-12(30-11-18-24-9-17(29-18)13-4-6-14(23)7-5-13)20-25-21(27)19-15(10-31-22(19)26-20)16-3-2-8-28-16/h2-10,12H,11H2,1H3,(H,25,26,27)/t12-/m0/s1. The number of halogens is 1. The van der Waals surface area contributed by atoms with Crippen molar-refractivity contribution in [1.82, 2.24) is 15.0 Å². The van der Waals surface area contributed by atoms with Crippen LogP contribution in [-0.4, -0.2) is 15.0 Å². The molecule has 0 aliphatic heterocycles. The molecule has 0 amide bonds. The Hall–Kier alpha value is -2.81. The van der Waals surface area contributed by atoms with Crippen molar-refractivity contribution in [2.24, 2.45) is 0 Å². The van der Waals surface area contributed by atoms with Gasteiger partial charge in [-0.25, -0.2) is 9.97 Å². The first-order valence-corrected chi connectivity index (χ1v) is 11.8. The van der Waals surface area contributed by atoms with Crippen LogP contribution >= 0.6 is 34.7 Å². The Bertz CT molecular complexity index is 1390. The van der Waals surface area contributed by atoms with Gasteiger partial charge in [-0.05, 0) is 43.3 Å². The Morgan fingerprint density at radius 1 is 1.23 bits per heavy atom. The third-order valence-corrected chi connectivity index (χ3v) is 7.03. The lowest BCUT2D eigenvalue weighted by Gasteiger charge is -2.09. The van der Waals surface area contributed by atoms with Crippen molar-refractivity contribution in [2.45, 2.75) is 17.9 Å². The van der Waals surface area contributed by atoms with E-state index in [1.807, 2.05) is 42.6 Å². The number of hydrogen-bond acceptors (Lipinski definition) is 7. The number of H-pyrrole nitrogens is 1. The van der Waals surface area contributed by atoms with Crippen molar-refractivity contribution in [1.29, 1.82) is 0 Å². The monoisotopic (exact) mass is 469 g/mol. The molecule has 0 aliphatic rings. The van der Waals surface area contributed by atoms with Gasteiger partial charge in [0.05, 0.1) is 28.8 Å². The van der Waals surface area contributed by atoms with Crippen LogP contribution in [0.5, 0.6) is 0 Å². The minimum absolute atomic E-state index is 0.0443. The van der Waals surface area contributed by atoms with Crippen molar-refractivity contribution in [3.8, 4) is 22.6 Å². The number of furan rings is 1. The number of thiophene rings is 1. The third-order valence-electron chi connectivity index (χ3n) is 4.77. The van der Waals surface area contributed by atoms with E-state index in [2.05, 4.69) is 15.0 Å². The first-order valence-electron chi connectivity index (χ1n) is 9.46. The maximum Gasteiger partial charge on any atom is 0.260 e. The highest BCUT2D eigenvalue weighted by molar-refractivity contribution is 7.98. The molecule has 5 aromatic rings. The van der Waals surface area contributed by atoms with Gasteiger partial charge < -0.3 is 13.8 Å². The quantitative estimate of drug-likeness (QED) is 0.303. The third kappa shape index (κ3) is 4.06. The fourth-order valence-electron chi connectivity index (χ4n) is 3.17. The summed E-state index contributed by atoms with van der Waals surface area (Å²) in [5.74, 6) is 3.14. The van der Waals surface area contributed by atoms with Crippen molar-refractivity contribution in [2.75, 3.05) is 0 Å². The zero-order chi connectivity index (χ0) is 21.4. The summed E-state index contributed by atoms with van der Waals surface area (Å²) < 4.78 is 11.3. The van der Waals surface area contributed by atoms with E-state index in [-0.39, 0.29) is 10.8 Å². The molecule has 0 spiro atoms. The Morgan fingerprint density at radius 2 is 2.06 bits per heavy atom. The van der Waals surface area contributed by atoms with E-state index >= 15 is 0 Å². The lowest BCUT2D eigenvalue weighted by atomic mass is 10.2. The number of fused-ring (bicyclic) bond motifs is 1. The van der Waals surface area contributed by atoms with Crippen LogP contribution in [0, 0.1) is 0 Å². The molecule has 1 N–H and O–H groups in total. The number of aromatic nitrogens is 3. The normalized spacial score (nSPS) is 12.5. The number of benzene rings is 1. The predicted molar refractivity (Wildman–Crippen MR) is 125 cm³/mol. The summed E-state index contributed by atoms with van der Waals surface area (Å²) in [5, 5.41) is 3.09. The molecular weight excluding hydrogens is 454 g/mol. The molecule has 1 atom stereocenters. The molecule has 9 heteroatoms. The molecule has 4 aromatic heterocycles. The van der Waals surface area contributed by atoms with E-state index in [0.717, 1.165) is 11.1 Å². The van der Waals surface area contributed by atoms with Crippen LogP contribution in [0.2, 0.25) is 5.02 Å². The fraction of sp³-hybridized carbons (Fsp3) is 0.136. The van der Waals surface area contributed by atoms with Crippen LogP contribution in [-0.2, 0) is 5.75 Å². The summed E-state index contributed by atoms with van der Waals surface area (Å²) in [6, 6.07) is 11.1. The number of aromatic amines is 1. The van der Waals surface area contributed by atoms with Gasteiger partial charge in [-0.15, -0.1) is 23.1 Å². The van der Waals surface area contributed by atoms with E-state index in [1.54, 1.807) is 30.3 Å². The van der Waals surface area contributed by atoms with Gasteiger partial charge in [0.1, 0.15) is 16.4 Å². The minimum Gasteiger partial charge on any atom is -0.464 e. The smallest absolute Gasteiger partial charge is 0.260 e. The molecule has 0 saturated heterocycles. The minimum atomic E-state index is -0.166. The van der Waals surface area contributed by atoms with Gasteiger partial charge in [-0.1, -0.05) is 11.6 Å². The predicted octanol–water partition coefficient (Wildman–Crippen LogP) is 6.55. The van der Waals surface area contributed by atoms with E-state index in [9.17, 15) is 4.79 Å². The summed E-state index contributed by atoms with van der Waals surface area (Å²) in [4.78, 5) is 25.4. The van der Waals surface area contributed by atoms with Gasteiger partial charge in [-0.3, -0.25) is 4.79 Å². The Labute approximate surface area is 190 Å². The van der Waals surface area contributed by atoms with Gasteiger partial charge >= 0.3 is 0 Å². The largest absolute Gasteiger partial charge is 0.464 e. The number of oxazole rings is 1. The number of hydrogen-bond donors (Lipinski definition) is 1. The van der Waals surface area contributed by atoms with Gasteiger partial charge in [0.25, 0.3) is 5.56 Å². The van der Waals surface area contributed by atoms with Crippen molar-refractivity contribution < 1.29 is 8.83 Å². The van der Waals surface area contributed by atoms with Gasteiger partial charge in [0, 0.05) is 21.5 Å². The number of nitrogens with one attached hydrogen (secondary N) is 1. The molecule has 0 unspecified atom stereocenters. The van der Waals surface area contributed by atoms with E-state index in [0.29, 0.717) is 44.2 Å². The maximum atomic E-state index is 12.8.